The average Bonchev–Trinajstić information content (AvgIpc) is 3.66. The molecule has 1 atom stereocenters. The lowest BCUT2D eigenvalue weighted by Gasteiger charge is -2.43. The predicted molar refractivity (Wildman–Crippen MR) is 250 cm³/mol. The van der Waals surface area contributed by atoms with E-state index < -0.39 is 13.6 Å². The fraction of sp³-hybridized carbons (Fsp3) is 0.444. The van der Waals surface area contributed by atoms with Crippen LogP contribution in [0, 0.1) is 0 Å². The number of benzene rings is 3. The average molecular weight is 932 g/mol. The predicted octanol–water partition coefficient (Wildman–Crippen LogP) is 6.66. The smallest absolute Gasteiger partial charge is 0.362 e. The van der Waals surface area contributed by atoms with Crippen molar-refractivity contribution in [2.45, 2.75) is 62.0 Å². The van der Waals surface area contributed by atoms with Crippen molar-refractivity contribution < 1.29 is 32.7 Å². The minimum absolute atomic E-state index is 0.125. The number of anilines is 5. The topological polar surface area (TPSA) is 171 Å². The van der Waals surface area contributed by atoms with Gasteiger partial charge in [-0.2, -0.15) is 4.98 Å². The van der Waals surface area contributed by atoms with Gasteiger partial charge in [0.05, 0.1) is 30.0 Å². The number of para-hydroxylation sites is 1. The maximum atomic E-state index is 13.2. The molecule has 1 unspecified atom stereocenters. The maximum absolute atomic E-state index is 13.2. The molecular weight excluding hydrogens is 877 g/mol. The van der Waals surface area contributed by atoms with Crippen LogP contribution in [0.2, 0.25) is 5.02 Å². The number of piperazine rings is 1. The lowest BCUT2D eigenvalue weighted by Crippen LogP contribution is -2.53. The molecule has 3 fully saturated rings. The molecule has 0 saturated carbocycles. The van der Waals surface area contributed by atoms with Gasteiger partial charge in [-0.05, 0) is 86.4 Å². The van der Waals surface area contributed by atoms with Crippen LogP contribution in [-0.4, -0.2) is 127 Å². The molecule has 0 spiro atoms. The van der Waals surface area contributed by atoms with Crippen molar-refractivity contribution in [3.8, 4) is 5.75 Å². The summed E-state index contributed by atoms with van der Waals surface area (Å²) in [6, 6.07) is 18.9. The number of nitrogens with zero attached hydrogens (tertiary/aromatic N) is 6. The Kier molecular flexibility index (Phi) is 14.8. The fourth-order valence-corrected chi connectivity index (χ4v) is 11.5. The molecule has 8 rings (SSSR count). The molecule has 0 radical (unpaired) electrons. The first kappa shape index (κ1) is 45.8. The van der Waals surface area contributed by atoms with Gasteiger partial charge in [-0.3, -0.25) is 29.2 Å². The second-order valence-electron chi connectivity index (χ2n) is 16.2. The van der Waals surface area contributed by atoms with E-state index in [1.165, 1.54) is 20.4 Å². The number of halogens is 1. The Hall–Kier alpha value is -4.74. The van der Waals surface area contributed by atoms with E-state index in [9.17, 15) is 18.9 Å². The van der Waals surface area contributed by atoms with Crippen molar-refractivity contribution in [1.82, 2.24) is 30.0 Å². The molecule has 3 aromatic carbocycles. The largest absolute Gasteiger partial charge is 0.494 e. The first-order chi connectivity index (χ1) is 31.1. The zero-order valence-electron chi connectivity index (χ0n) is 36.4. The van der Waals surface area contributed by atoms with Crippen LogP contribution in [0.5, 0.6) is 5.75 Å². The first-order valence-electron chi connectivity index (χ1n) is 21.7. The lowest BCUT2D eigenvalue weighted by molar-refractivity contribution is -0.136. The number of carbonyl (C=O) groups is 3. The number of aromatic nitrogens is 2. The van der Waals surface area contributed by atoms with Crippen molar-refractivity contribution in [2.75, 3.05) is 88.4 Å². The summed E-state index contributed by atoms with van der Waals surface area (Å²) >= 11 is 8.28. The zero-order chi connectivity index (χ0) is 44.8. The minimum atomic E-state index is -3.56. The summed E-state index contributed by atoms with van der Waals surface area (Å²) in [4.78, 5) is 56.8. The zero-order valence-corrected chi connectivity index (χ0v) is 38.9. The van der Waals surface area contributed by atoms with Crippen LogP contribution in [-0.2, 0) is 29.7 Å². The molecule has 19 heteroatoms. The van der Waals surface area contributed by atoms with Gasteiger partial charge in [-0.15, -0.1) is 11.8 Å². The third-order valence-corrected chi connectivity index (χ3v) is 15.9. The van der Waals surface area contributed by atoms with Gasteiger partial charge in [0.25, 0.3) is 5.91 Å². The number of hydrogen-bond donors (Lipinski definition) is 3. The highest BCUT2D eigenvalue weighted by molar-refractivity contribution is 7.99. The summed E-state index contributed by atoms with van der Waals surface area (Å²) in [5.74, 6) is 1.46. The van der Waals surface area contributed by atoms with E-state index in [4.69, 9.17) is 25.4 Å². The highest BCUT2D eigenvalue weighted by atomic mass is 35.5. The quantitative estimate of drug-likeness (QED) is 0.0445. The van der Waals surface area contributed by atoms with Gasteiger partial charge in [0.2, 0.25) is 17.8 Å². The summed E-state index contributed by atoms with van der Waals surface area (Å²) in [5.41, 5.74) is 3.94. The van der Waals surface area contributed by atoms with Gasteiger partial charge < -0.3 is 39.1 Å². The Morgan fingerprint density at radius 3 is 2.42 bits per heavy atom. The molecule has 16 nitrogen and oxygen atoms in total. The van der Waals surface area contributed by atoms with Gasteiger partial charge in [0.15, 0.2) is 5.82 Å². The number of methoxy groups -OCH3 is 1. The molecule has 4 aliphatic rings. The molecule has 340 valence electrons. The van der Waals surface area contributed by atoms with E-state index in [0.29, 0.717) is 58.8 Å². The maximum Gasteiger partial charge on any atom is 0.362 e. The van der Waals surface area contributed by atoms with Crippen LogP contribution in [0.15, 0.2) is 71.8 Å². The molecule has 1 aromatic heterocycles. The molecule has 64 heavy (non-hydrogen) atoms. The van der Waals surface area contributed by atoms with Crippen molar-refractivity contribution >= 4 is 82.8 Å². The molecule has 0 bridgehead atoms. The molecule has 0 aliphatic carbocycles. The highest BCUT2D eigenvalue weighted by Crippen LogP contribution is 2.47. The van der Waals surface area contributed by atoms with E-state index in [1.807, 2.05) is 24.3 Å². The van der Waals surface area contributed by atoms with Gasteiger partial charge in [0.1, 0.15) is 16.8 Å². The molecule has 3 amide bonds. The van der Waals surface area contributed by atoms with Crippen molar-refractivity contribution in [1.29, 1.82) is 0 Å². The second kappa shape index (κ2) is 20.6. The Morgan fingerprint density at radius 2 is 1.67 bits per heavy atom. The number of fused-ring (bicyclic) bond motifs is 1. The number of amides is 3. The molecule has 4 aromatic rings. The van der Waals surface area contributed by atoms with E-state index in [2.05, 4.69) is 52.8 Å². The van der Waals surface area contributed by atoms with Crippen LogP contribution >= 0.6 is 31.0 Å². The summed E-state index contributed by atoms with van der Waals surface area (Å²) < 4.78 is 29.5. The molecule has 3 saturated heterocycles. The van der Waals surface area contributed by atoms with Crippen molar-refractivity contribution in [3.63, 3.8) is 0 Å². The first-order valence-corrected chi connectivity index (χ1v) is 24.6. The van der Waals surface area contributed by atoms with Gasteiger partial charge in [0, 0.05) is 94.7 Å². The summed E-state index contributed by atoms with van der Waals surface area (Å²) in [6.45, 7) is 7.73. The normalized spacial score (nSPS) is 18.9. The van der Waals surface area contributed by atoms with Crippen LogP contribution in [0.4, 0.5) is 28.8 Å². The third-order valence-electron chi connectivity index (χ3n) is 12.5. The van der Waals surface area contributed by atoms with Crippen molar-refractivity contribution in [3.05, 3.63) is 83.0 Å². The summed E-state index contributed by atoms with van der Waals surface area (Å²) in [5, 5.41) is 9.44. The number of imide groups is 1. The van der Waals surface area contributed by atoms with Gasteiger partial charge in [-0.25, -0.2) is 4.98 Å². The van der Waals surface area contributed by atoms with Crippen molar-refractivity contribution in [2.24, 2.45) is 0 Å². The van der Waals surface area contributed by atoms with E-state index in [0.717, 1.165) is 93.4 Å². The van der Waals surface area contributed by atoms with Crippen LogP contribution in [0.3, 0.4) is 0 Å². The Balaban J connectivity index is 0.769. The third kappa shape index (κ3) is 10.2. The number of ether oxygens (including phenoxy) is 1. The van der Waals surface area contributed by atoms with Crippen LogP contribution < -0.4 is 30.9 Å². The number of unbranched alkanes of at least 4 members (excludes halogenated alkanes) is 1. The second-order valence-corrected chi connectivity index (χ2v) is 20.0. The summed E-state index contributed by atoms with van der Waals surface area (Å²) in [6.07, 6.45) is 6.52. The fourth-order valence-electron chi connectivity index (χ4n) is 8.99. The Labute approximate surface area is 383 Å². The van der Waals surface area contributed by atoms with Gasteiger partial charge >= 0.3 is 7.60 Å². The summed E-state index contributed by atoms with van der Waals surface area (Å²) in [7, 11) is 0.761. The molecule has 3 N–H and O–H groups in total. The van der Waals surface area contributed by atoms with Crippen LogP contribution in [0.1, 0.15) is 54.4 Å². The van der Waals surface area contributed by atoms with E-state index in [1.54, 1.807) is 48.0 Å². The number of rotatable bonds is 17. The standard InChI is InChI=1S/C45H55ClN9O7PS/c1-60-38-27-31(13-14-35(38)49-45-47-28-34(46)42(51-45)48-36-10-4-5-11-39(36)63(59,61-2)62-3)53-20-17-30(18-21-53)54-24-22-52(23-25-54)19-6-7-26-64-40-12-8-9-32-33(40)29-55(44(32)58)37-15-16-41(56)50-43(37)57/h4-5,8-14,27-28,30,37H,6-7,15-26,29H2,1-3H3,(H,50,56,57)(H2,47,48,49,51). The number of carbonyl (C=O) groups excluding carboxylic acids is 3. The molecule has 5 heterocycles. The monoisotopic (exact) mass is 931 g/mol. The lowest BCUT2D eigenvalue weighted by atomic mass is 10.0. The molecule has 4 aliphatic heterocycles. The van der Waals surface area contributed by atoms with Crippen LogP contribution in [0.25, 0.3) is 0 Å². The number of thioether (sulfide) groups is 1. The Morgan fingerprint density at radius 1 is 0.891 bits per heavy atom. The number of nitrogens with one attached hydrogen (secondary N) is 3. The molecular formula is C45H55ClN9O7PS. The highest BCUT2D eigenvalue weighted by Gasteiger charge is 2.40. The Bertz CT molecular complexity index is 2390. The van der Waals surface area contributed by atoms with E-state index in [-0.39, 0.29) is 29.2 Å². The van der Waals surface area contributed by atoms with Gasteiger partial charge in [-0.1, -0.05) is 29.8 Å². The number of hydrogen-bond acceptors (Lipinski definition) is 15. The van der Waals surface area contributed by atoms with E-state index >= 15 is 0 Å². The minimum Gasteiger partial charge on any atom is -0.494 e. The SMILES string of the molecule is COc1cc(N2CCC(N3CCN(CCCCSc4cccc5c4CN(C4CCC(=O)NC4=O)C5=O)CC3)CC2)ccc1Nc1ncc(Cl)c(Nc2ccccc2P(=O)(OC)OC)n1. The number of piperidine rings is 2.